The molecule has 4 rings (SSSR count). The molecule has 0 saturated heterocycles. The smallest absolute Gasteiger partial charge is 0.305 e. The van der Waals surface area contributed by atoms with E-state index in [0.29, 0.717) is 58.6 Å². The molecule has 0 unspecified atom stereocenters. The highest BCUT2D eigenvalue weighted by atomic mass is 35.5. The number of nitrogens with zero attached hydrogens (tertiary/aromatic N) is 2. The van der Waals surface area contributed by atoms with E-state index < -0.39 is 0 Å². The van der Waals surface area contributed by atoms with Crippen molar-refractivity contribution in [3.8, 4) is 17.0 Å². The molecule has 1 aromatic heterocycles. The van der Waals surface area contributed by atoms with Crippen LogP contribution in [0.2, 0.25) is 5.02 Å². The summed E-state index contributed by atoms with van der Waals surface area (Å²) in [7, 11) is 1.67. The summed E-state index contributed by atoms with van der Waals surface area (Å²) in [6, 6.07) is 24.8. The van der Waals surface area contributed by atoms with Gasteiger partial charge in [0, 0.05) is 47.6 Å². The molecule has 1 heterocycles. The highest BCUT2D eigenvalue weighted by Crippen LogP contribution is 2.32. The first-order chi connectivity index (χ1) is 20.9. The number of ether oxygens (including phenoxy) is 2. The molecule has 0 spiro atoms. The molecule has 0 radical (unpaired) electrons. The zero-order valence-corrected chi connectivity index (χ0v) is 25.0. The Kier molecular flexibility index (Phi) is 11.3. The van der Waals surface area contributed by atoms with E-state index in [4.69, 9.17) is 21.1 Å². The van der Waals surface area contributed by atoms with Crippen molar-refractivity contribution in [2.45, 2.75) is 32.6 Å². The van der Waals surface area contributed by atoms with Crippen LogP contribution < -0.4 is 15.0 Å². The summed E-state index contributed by atoms with van der Waals surface area (Å²) in [5.41, 5.74) is 3.44. The molecule has 0 atom stereocenters. The lowest BCUT2D eigenvalue weighted by Gasteiger charge is -2.21. The second kappa shape index (κ2) is 15.5. The van der Waals surface area contributed by atoms with Crippen LogP contribution in [0.4, 0.5) is 11.4 Å². The minimum absolute atomic E-state index is 0.193. The number of unbranched alkanes of at least 4 members (excludes halogenated alkanes) is 2. The van der Waals surface area contributed by atoms with E-state index in [2.05, 4.69) is 10.3 Å². The lowest BCUT2D eigenvalue weighted by molar-refractivity contribution is -0.143. The molecule has 1 N–H and O–H groups in total. The number of benzene rings is 3. The van der Waals surface area contributed by atoms with E-state index in [1.807, 2.05) is 30.3 Å². The molecular weight excluding hydrogens is 566 g/mol. The zero-order chi connectivity index (χ0) is 30.6. The van der Waals surface area contributed by atoms with Gasteiger partial charge in [-0.15, -0.1) is 0 Å². The van der Waals surface area contributed by atoms with Gasteiger partial charge in [-0.25, -0.2) is 0 Å². The van der Waals surface area contributed by atoms with Crippen molar-refractivity contribution in [1.29, 1.82) is 0 Å². The largest absolute Gasteiger partial charge is 0.491 e. The van der Waals surface area contributed by atoms with E-state index >= 15 is 0 Å². The second-order valence-corrected chi connectivity index (χ2v) is 10.2. The number of halogens is 1. The average molecular weight is 600 g/mol. The number of hydrogen-bond donors (Lipinski definition) is 1. The summed E-state index contributed by atoms with van der Waals surface area (Å²) < 4.78 is 10.9. The molecule has 2 amide bonds. The molecule has 0 bridgehead atoms. The Morgan fingerprint density at radius 1 is 0.907 bits per heavy atom. The molecule has 222 valence electrons. The van der Waals surface area contributed by atoms with E-state index in [-0.39, 0.29) is 17.8 Å². The summed E-state index contributed by atoms with van der Waals surface area (Å²) in [4.78, 5) is 43.9. The quantitative estimate of drug-likeness (QED) is 0.127. The van der Waals surface area contributed by atoms with Crippen LogP contribution in [-0.4, -0.2) is 43.0 Å². The minimum atomic E-state index is -0.299. The Balaban J connectivity index is 1.38. The zero-order valence-electron chi connectivity index (χ0n) is 24.2. The Morgan fingerprint density at radius 3 is 2.42 bits per heavy atom. The lowest BCUT2D eigenvalue weighted by atomic mass is 10.1. The van der Waals surface area contributed by atoms with Gasteiger partial charge < -0.3 is 19.7 Å². The van der Waals surface area contributed by atoms with Gasteiger partial charge in [0.15, 0.2) is 0 Å². The van der Waals surface area contributed by atoms with Crippen molar-refractivity contribution in [2.75, 3.05) is 30.5 Å². The van der Waals surface area contributed by atoms with E-state index in [9.17, 15) is 14.4 Å². The number of anilines is 2. The molecule has 4 aromatic rings. The third-order valence-corrected chi connectivity index (χ3v) is 6.90. The van der Waals surface area contributed by atoms with E-state index in [0.717, 1.165) is 24.8 Å². The molecule has 0 aliphatic carbocycles. The molecule has 9 heteroatoms. The van der Waals surface area contributed by atoms with Crippen LogP contribution in [0.15, 0.2) is 91.1 Å². The predicted molar refractivity (Wildman–Crippen MR) is 169 cm³/mol. The van der Waals surface area contributed by atoms with Gasteiger partial charge in [-0.3, -0.25) is 19.4 Å². The maximum Gasteiger partial charge on any atom is 0.305 e. The predicted octanol–water partition coefficient (Wildman–Crippen LogP) is 7.43. The van der Waals surface area contributed by atoms with Gasteiger partial charge in [0.1, 0.15) is 5.75 Å². The van der Waals surface area contributed by atoms with Gasteiger partial charge in [0.2, 0.25) is 0 Å². The number of pyridine rings is 1. The second-order valence-electron chi connectivity index (χ2n) is 9.74. The number of aromatic nitrogens is 1. The number of nitrogens with one attached hydrogen (secondary N) is 1. The van der Waals surface area contributed by atoms with Crippen LogP contribution >= 0.6 is 11.6 Å². The molecule has 3 aromatic carbocycles. The molecule has 0 fully saturated rings. The fraction of sp³-hybridized carbons (Fsp3) is 0.235. The van der Waals surface area contributed by atoms with Crippen molar-refractivity contribution in [2.24, 2.45) is 0 Å². The fourth-order valence-electron chi connectivity index (χ4n) is 4.46. The van der Waals surface area contributed by atoms with Gasteiger partial charge in [0.05, 0.1) is 30.2 Å². The third kappa shape index (κ3) is 8.66. The van der Waals surface area contributed by atoms with Crippen molar-refractivity contribution >= 4 is 40.8 Å². The first-order valence-corrected chi connectivity index (χ1v) is 14.5. The van der Waals surface area contributed by atoms with Gasteiger partial charge in [-0.2, -0.15) is 0 Å². The highest BCUT2D eigenvalue weighted by molar-refractivity contribution is 6.30. The normalized spacial score (nSPS) is 10.6. The Labute approximate surface area is 256 Å². The molecule has 0 aliphatic rings. The number of amides is 2. The first-order valence-electron chi connectivity index (χ1n) is 14.1. The standard InChI is InChI=1S/C34H34ClN3O5/c1-3-42-31(39)14-8-5-9-22-43-30-23-26(35)17-20-29(30)38(2)34(41)25-15-18-27(19-16-25)37-33(40)28-13-10-21-36-32(28)24-11-6-4-7-12-24/h4,6-7,10-13,15-21,23H,3,5,8-9,14,22H2,1-2H3,(H,37,40). The maximum atomic E-state index is 13.4. The molecular formula is C34H34ClN3O5. The van der Waals surface area contributed by atoms with Crippen LogP contribution in [0.1, 0.15) is 53.3 Å². The maximum absolute atomic E-state index is 13.4. The van der Waals surface area contributed by atoms with Crippen LogP contribution in [0.5, 0.6) is 5.75 Å². The first kappa shape index (κ1) is 31.3. The Bertz CT molecular complexity index is 1540. The molecule has 0 aliphatic heterocycles. The summed E-state index contributed by atoms with van der Waals surface area (Å²) in [5.74, 6) is -0.254. The number of carbonyl (C=O) groups is 3. The topological polar surface area (TPSA) is 97.8 Å². The van der Waals surface area contributed by atoms with Crippen LogP contribution in [-0.2, 0) is 9.53 Å². The van der Waals surface area contributed by atoms with Crippen LogP contribution in [0.3, 0.4) is 0 Å². The SMILES string of the molecule is CCOC(=O)CCCCCOc1cc(Cl)ccc1N(C)C(=O)c1ccc(NC(=O)c2cccnc2-c2ccccc2)cc1. The van der Waals surface area contributed by atoms with Crippen molar-refractivity contribution < 1.29 is 23.9 Å². The summed E-state index contributed by atoms with van der Waals surface area (Å²) >= 11 is 6.22. The average Bonchev–Trinajstić information content (AvgIpc) is 3.03. The molecule has 0 saturated carbocycles. The number of carbonyl (C=O) groups excluding carboxylic acids is 3. The Morgan fingerprint density at radius 2 is 1.67 bits per heavy atom. The minimum Gasteiger partial charge on any atom is -0.491 e. The van der Waals surface area contributed by atoms with Crippen molar-refractivity contribution in [3.05, 3.63) is 107 Å². The van der Waals surface area contributed by atoms with Crippen LogP contribution in [0, 0.1) is 0 Å². The van der Waals surface area contributed by atoms with Gasteiger partial charge in [-0.05, 0) is 74.7 Å². The Hall–Kier alpha value is -4.69. The molecule has 8 nitrogen and oxygen atoms in total. The van der Waals surface area contributed by atoms with E-state index in [1.165, 1.54) is 4.90 Å². The molecule has 43 heavy (non-hydrogen) atoms. The number of rotatable bonds is 13. The lowest BCUT2D eigenvalue weighted by Crippen LogP contribution is -2.26. The van der Waals surface area contributed by atoms with Gasteiger partial charge in [-0.1, -0.05) is 41.9 Å². The van der Waals surface area contributed by atoms with Gasteiger partial charge >= 0.3 is 5.97 Å². The van der Waals surface area contributed by atoms with Crippen molar-refractivity contribution in [1.82, 2.24) is 4.98 Å². The number of hydrogen-bond acceptors (Lipinski definition) is 6. The third-order valence-electron chi connectivity index (χ3n) is 6.67. The fourth-order valence-corrected chi connectivity index (χ4v) is 4.62. The van der Waals surface area contributed by atoms with Gasteiger partial charge in [0.25, 0.3) is 11.8 Å². The van der Waals surface area contributed by atoms with Crippen molar-refractivity contribution in [3.63, 3.8) is 0 Å². The monoisotopic (exact) mass is 599 g/mol. The van der Waals surface area contributed by atoms with Crippen LogP contribution in [0.25, 0.3) is 11.3 Å². The summed E-state index contributed by atoms with van der Waals surface area (Å²) in [6.07, 6.45) is 4.30. The highest BCUT2D eigenvalue weighted by Gasteiger charge is 2.19. The van der Waals surface area contributed by atoms with E-state index in [1.54, 1.807) is 74.8 Å². The number of esters is 1. The summed E-state index contributed by atoms with van der Waals surface area (Å²) in [6.45, 7) is 2.58. The summed E-state index contributed by atoms with van der Waals surface area (Å²) in [5, 5.41) is 3.39.